The van der Waals surface area contributed by atoms with Gasteiger partial charge in [0.2, 0.25) is 0 Å². The summed E-state index contributed by atoms with van der Waals surface area (Å²) in [5.41, 5.74) is 0. The van der Waals surface area contributed by atoms with Crippen molar-refractivity contribution in [3.05, 3.63) is 0 Å². The van der Waals surface area contributed by atoms with Crippen LogP contribution in [0.5, 0.6) is 0 Å². The van der Waals surface area contributed by atoms with E-state index in [1.54, 1.807) is 0 Å². The van der Waals surface area contributed by atoms with E-state index in [4.69, 9.17) is 0 Å². The van der Waals surface area contributed by atoms with Crippen LogP contribution in [0.25, 0.3) is 0 Å². The van der Waals surface area contributed by atoms with Crippen LogP contribution in [0.3, 0.4) is 0 Å². The van der Waals surface area contributed by atoms with Gasteiger partial charge in [-0.2, -0.15) is 0 Å². The first kappa shape index (κ1) is 6.12. The van der Waals surface area contributed by atoms with Crippen molar-refractivity contribution in [1.82, 2.24) is 0 Å². The summed E-state index contributed by atoms with van der Waals surface area (Å²) in [5, 5.41) is 0. The van der Waals surface area contributed by atoms with Gasteiger partial charge in [0, 0.05) is 0 Å². The van der Waals surface area contributed by atoms with E-state index in [1.807, 2.05) is 0 Å². The van der Waals surface area contributed by atoms with Gasteiger partial charge in [0.05, 0.1) is 0 Å². The molecule has 0 aliphatic carbocycles. The summed E-state index contributed by atoms with van der Waals surface area (Å²) in [6, 6.07) is 0. The normalized spacial score (nSPS) is 9.80. The van der Waals surface area contributed by atoms with Crippen LogP contribution >= 0.6 is 0 Å². The van der Waals surface area contributed by atoms with Crippen molar-refractivity contribution in [2.45, 2.75) is 18.7 Å². The van der Waals surface area contributed by atoms with Crippen LogP contribution in [0.15, 0.2) is 0 Å². The van der Waals surface area contributed by atoms with Gasteiger partial charge < -0.3 is 0 Å². The van der Waals surface area contributed by atoms with Crippen LogP contribution < -0.4 is 0 Å². The second-order valence-electron chi connectivity index (χ2n) is 1.28. The van der Waals surface area contributed by atoms with Crippen molar-refractivity contribution in [2.75, 3.05) is 0 Å². The maximum absolute atomic E-state index is 2.26. The van der Waals surface area contributed by atoms with Crippen LogP contribution in [0.1, 0.15) is 13.8 Å². The second kappa shape index (κ2) is 3.31. The van der Waals surface area contributed by atoms with E-state index in [0.717, 1.165) is 17.6 Å². The van der Waals surface area contributed by atoms with Gasteiger partial charge in [-0.05, 0) is 0 Å². The maximum atomic E-state index is 2.26. The fourth-order valence-corrected chi connectivity index (χ4v) is 0. The van der Waals surface area contributed by atoms with Crippen molar-refractivity contribution >= 4 is 28.5 Å². The Morgan fingerprint density at radius 1 is 1.60 bits per heavy atom. The summed E-state index contributed by atoms with van der Waals surface area (Å²) in [5.74, 6) is 0. The molecular weight excluding hydrogens is 122 g/mol. The molecule has 26 valence electrons. The standard InChI is InChI=1S/C3H8Se.Li/c1-3(2)4;/h3-4H,1-2H3;/q;+1/p-1. The fourth-order valence-electron chi connectivity index (χ4n) is 0. The summed E-state index contributed by atoms with van der Waals surface area (Å²) < 4.78 is 0. The van der Waals surface area contributed by atoms with E-state index in [-0.39, 0.29) is 0 Å². The minimum atomic E-state index is 0.875. The molecule has 0 radical (unpaired) electrons. The number of hydrogen-bond donors (Lipinski definition) is 0. The third-order valence-electron chi connectivity index (χ3n) is 0.471. The molecule has 0 N–H and O–H groups in total. The SMILES string of the molecule is [Li][Se]C(C)C. The zero-order chi connectivity index (χ0) is 4.28. The minimum absolute atomic E-state index is 0.875. The Morgan fingerprint density at radius 3 is 1.80 bits per heavy atom. The quantitative estimate of drug-likeness (QED) is 0.455. The average molecular weight is 129 g/mol. The molecule has 0 nitrogen and oxygen atoms in total. The fraction of sp³-hybridized carbons (Fsp3) is 1.00. The molecule has 0 aliphatic heterocycles. The molecular formula is C3H7LiSe. The van der Waals surface area contributed by atoms with E-state index >= 15 is 0 Å². The average Bonchev–Trinajstić information content (AvgIpc) is 1.38. The zero-order valence-corrected chi connectivity index (χ0v) is 5.70. The van der Waals surface area contributed by atoms with Gasteiger partial charge in [-0.15, -0.1) is 0 Å². The van der Waals surface area contributed by atoms with Crippen LogP contribution in [0, 0.1) is 0 Å². The van der Waals surface area contributed by atoms with Crippen molar-refractivity contribution in [3.8, 4) is 0 Å². The van der Waals surface area contributed by atoms with Gasteiger partial charge in [0.1, 0.15) is 0 Å². The van der Waals surface area contributed by atoms with Gasteiger partial charge >= 0.3 is 47.2 Å². The molecule has 0 heterocycles. The monoisotopic (exact) mass is 130 g/mol. The van der Waals surface area contributed by atoms with Crippen LogP contribution in [-0.2, 0) is 0 Å². The Bertz CT molecular complexity index is 20.9. The van der Waals surface area contributed by atoms with Crippen LogP contribution in [0.2, 0.25) is 4.82 Å². The molecule has 0 spiro atoms. The molecule has 0 aromatic heterocycles. The summed E-state index contributed by atoms with van der Waals surface area (Å²) in [7, 11) is 0. The molecule has 0 atom stereocenters. The van der Waals surface area contributed by atoms with Gasteiger partial charge in [-0.25, -0.2) is 0 Å². The molecule has 0 aromatic carbocycles. The topological polar surface area (TPSA) is 0 Å². The Balaban J connectivity index is 2.54. The van der Waals surface area contributed by atoms with Gasteiger partial charge in [0.15, 0.2) is 0 Å². The molecule has 0 fully saturated rings. The molecule has 0 aliphatic rings. The van der Waals surface area contributed by atoms with E-state index in [2.05, 4.69) is 29.6 Å². The molecule has 2 heteroatoms. The first-order chi connectivity index (χ1) is 2.27. The number of rotatable bonds is 1. The second-order valence-corrected chi connectivity index (χ2v) is 4.25. The molecule has 0 unspecified atom stereocenters. The zero-order valence-electron chi connectivity index (χ0n) is 3.99. The first-order valence-electron chi connectivity index (χ1n) is 1.80. The van der Waals surface area contributed by atoms with Crippen LogP contribution in [0.4, 0.5) is 0 Å². The van der Waals surface area contributed by atoms with Crippen LogP contribution in [-0.4, -0.2) is 28.5 Å². The first-order valence-corrected chi connectivity index (χ1v) is 4.50. The van der Waals surface area contributed by atoms with Gasteiger partial charge in [0.25, 0.3) is 0 Å². The van der Waals surface area contributed by atoms with E-state index in [9.17, 15) is 0 Å². The summed E-state index contributed by atoms with van der Waals surface area (Å²) in [6.45, 7) is 4.50. The Kier molecular flexibility index (Phi) is 4.05. The molecule has 5 heavy (non-hydrogen) atoms. The third kappa shape index (κ3) is 5.12. The van der Waals surface area contributed by atoms with Crippen molar-refractivity contribution in [2.24, 2.45) is 0 Å². The van der Waals surface area contributed by atoms with Gasteiger partial charge in [-0.1, -0.05) is 0 Å². The summed E-state index contributed by atoms with van der Waals surface area (Å²) in [6.07, 6.45) is 0. The Labute approximate surface area is 47.4 Å². The predicted molar refractivity (Wildman–Crippen MR) is 26.6 cm³/mol. The van der Waals surface area contributed by atoms with E-state index in [0.29, 0.717) is 0 Å². The third-order valence-corrected chi connectivity index (χ3v) is 2.45. The Morgan fingerprint density at radius 2 is 1.80 bits per heavy atom. The van der Waals surface area contributed by atoms with Gasteiger partial charge in [-0.3, -0.25) is 0 Å². The Hall–Kier alpha value is 1.12. The van der Waals surface area contributed by atoms with Crippen molar-refractivity contribution in [1.29, 1.82) is 0 Å². The molecule has 0 amide bonds. The van der Waals surface area contributed by atoms with Crippen molar-refractivity contribution < 1.29 is 0 Å². The molecule has 0 saturated carbocycles. The molecule has 0 rings (SSSR count). The predicted octanol–water partition coefficient (Wildman–Crippen LogP) is 0.602. The number of hydrogen-bond acceptors (Lipinski definition) is 0. The summed E-state index contributed by atoms with van der Waals surface area (Å²) in [4.78, 5) is 0.947. The van der Waals surface area contributed by atoms with E-state index in [1.165, 1.54) is 0 Å². The molecule has 0 bridgehead atoms. The van der Waals surface area contributed by atoms with E-state index < -0.39 is 0 Å². The van der Waals surface area contributed by atoms with Crippen molar-refractivity contribution in [3.63, 3.8) is 0 Å². The molecule has 0 saturated heterocycles. The molecule has 0 aromatic rings. The summed E-state index contributed by atoms with van der Waals surface area (Å²) >= 11 is 3.14.